The number of ether oxygens (including phenoxy) is 2. The average Bonchev–Trinajstić information content (AvgIpc) is 2.45. The molecule has 1 heterocycles. The molecule has 0 aliphatic carbocycles. The monoisotopic (exact) mass is 291 g/mol. The molecule has 2 rings (SSSR count). The van der Waals surface area contributed by atoms with Crippen LogP contribution in [-0.2, 0) is 16.0 Å². The Labute approximate surface area is 127 Å². The average molecular weight is 291 g/mol. The molecule has 0 spiro atoms. The van der Waals surface area contributed by atoms with Crippen LogP contribution < -0.4 is 4.74 Å². The third-order valence-electron chi connectivity index (χ3n) is 3.65. The smallest absolute Gasteiger partial charge is 0.223 e. The standard InChI is InChI=1S/C17H25NO3/c1-4-20-16-8-6-5-7-15(16)9-10-17(19)18-11-13(2)21-14(3)12-18/h5-8,13-14H,4,9-12H2,1-3H3. The van der Waals surface area contributed by atoms with Gasteiger partial charge in [-0.2, -0.15) is 0 Å². The molecule has 0 saturated carbocycles. The van der Waals surface area contributed by atoms with E-state index in [9.17, 15) is 4.79 Å². The summed E-state index contributed by atoms with van der Waals surface area (Å²) in [5.41, 5.74) is 1.10. The van der Waals surface area contributed by atoms with Crippen molar-refractivity contribution in [1.82, 2.24) is 4.90 Å². The Bertz CT molecular complexity index is 465. The number of amides is 1. The van der Waals surface area contributed by atoms with E-state index in [2.05, 4.69) is 0 Å². The molecule has 2 unspecified atom stereocenters. The Balaban J connectivity index is 1.92. The molecule has 1 fully saturated rings. The molecule has 0 N–H and O–H groups in total. The second kappa shape index (κ2) is 7.46. The highest BCUT2D eigenvalue weighted by atomic mass is 16.5. The number of para-hydroxylation sites is 1. The summed E-state index contributed by atoms with van der Waals surface area (Å²) >= 11 is 0. The van der Waals surface area contributed by atoms with Crippen molar-refractivity contribution in [3.8, 4) is 5.75 Å². The second-order valence-corrected chi connectivity index (χ2v) is 5.60. The first-order chi connectivity index (χ1) is 10.1. The van der Waals surface area contributed by atoms with E-state index in [1.54, 1.807) is 0 Å². The number of rotatable bonds is 5. The van der Waals surface area contributed by atoms with Gasteiger partial charge in [0.05, 0.1) is 18.8 Å². The van der Waals surface area contributed by atoms with Crippen LogP contribution >= 0.6 is 0 Å². The van der Waals surface area contributed by atoms with E-state index in [-0.39, 0.29) is 18.1 Å². The largest absolute Gasteiger partial charge is 0.494 e. The van der Waals surface area contributed by atoms with Crippen molar-refractivity contribution in [2.75, 3.05) is 19.7 Å². The van der Waals surface area contributed by atoms with Crippen molar-refractivity contribution in [1.29, 1.82) is 0 Å². The molecule has 21 heavy (non-hydrogen) atoms. The van der Waals surface area contributed by atoms with Gasteiger partial charge in [0.1, 0.15) is 5.75 Å². The topological polar surface area (TPSA) is 38.8 Å². The highest BCUT2D eigenvalue weighted by Crippen LogP contribution is 2.20. The van der Waals surface area contributed by atoms with E-state index >= 15 is 0 Å². The Kier molecular flexibility index (Phi) is 5.62. The van der Waals surface area contributed by atoms with Gasteiger partial charge < -0.3 is 14.4 Å². The summed E-state index contributed by atoms with van der Waals surface area (Å²) in [6.45, 7) is 8.02. The van der Waals surface area contributed by atoms with E-state index in [1.165, 1.54) is 0 Å². The normalized spacial score (nSPS) is 22.1. The quantitative estimate of drug-likeness (QED) is 0.837. The van der Waals surface area contributed by atoms with Crippen LogP contribution in [0.1, 0.15) is 32.8 Å². The zero-order valence-electron chi connectivity index (χ0n) is 13.2. The Morgan fingerprint density at radius 2 is 1.95 bits per heavy atom. The van der Waals surface area contributed by atoms with E-state index in [4.69, 9.17) is 9.47 Å². The van der Waals surface area contributed by atoms with Gasteiger partial charge in [-0.25, -0.2) is 0 Å². The SMILES string of the molecule is CCOc1ccccc1CCC(=O)N1CC(C)OC(C)C1. The number of carbonyl (C=O) groups excluding carboxylic acids is 1. The van der Waals surface area contributed by atoms with Crippen molar-refractivity contribution >= 4 is 5.91 Å². The molecule has 2 atom stereocenters. The minimum absolute atomic E-state index is 0.119. The maximum Gasteiger partial charge on any atom is 0.223 e. The number of benzene rings is 1. The van der Waals surface area contributed by atoms with Gasteiger partial charge in [0.15, 0.2) is 0 Å². The summed E-state index contributed by atoms with van der Waals surface area (Å²) in [4.78, 5) is 14.3. The van der Waals surface area contributed by atoms with Gasteiger partial charge in [-0.3, -0.25) is 4.79 Å². The number of aryl methyl sites for hydroxylation is 1. The lowest BCUT2D eigenvalue weighted by atomic mass is 10.1. The molecule has 116 valence electrons. The third kappa shape index (κ3) is 4.46. The summed E-state index contributed by atoms with van der Waals surface area (Å²) < 4.78 is 11.3. The van der Waals surface area contributed by atoms with E-state index in [0.29, 0.717) is 26.1 Å². The predicted molar refractivity (Wildman–Crippen MR) is 82.5 cm³/mol. The molecular formula is C17H25NO3. The highest BCUT2D eigenvalue weighted by Gasteiger charge is 2.25. The van der Waals surface area contributed by atoms with Crippen molar-refractivity contribution in [2.24, 2.45) is 0 Å². The van der Waals surface area contributed by atoms with Crippen molar-refractivity contribution in [3.63, 3.8) is 0 Å². The van der Waals surface area contributed by atoms with Crippen LogP contribution in [0.5, 0.6) is 5.75 Å². The molecule has 1 aliphatic heterocycles. The van der Waals surface area contributed by atoms with Crippen LogP contribution in [0.3, 0.4) is 0 Å². The van der Waals surface area contributed by atoms with Crippen LogP contribution in [-0.4, -0.2) is 42.7 Å². The number of carbonyl (C=O) groups is 1. The number of hydrogen-bond acceptors (Lipinski definition) is 3. The lowest BCUT2D eigenvalue weighted by molar-refractivity contribution is -0.143. The highest BCUT2D eigenvalue weighted by molar-refractivity contribution is 5.76. The first kappa shape index (κ1) is 15.8. The lowest BCUT2D eigenvalue weighted by Crippen LogP contribution is -2.48. The molecule has 1 amide bonds. The van der Waals surface area contributed by atoms with Crippen molar-refractivity contribution < 1.29 is 14.3 Å². The summed E-state index contributed by atoms with van der Waals surface area (Å²) in [5.74, 6) is 1.08. The maximum atomic E-state index is 12.4. The zero-order valence-corrected chi connectivity index (χ0v) is 13.2. The Morgan fingerprint density at radius 3 is 2.62 bits per heavy atom. The number of hydrogen-bond donors (Lipinski definition) is 0. The fourth-order valence-electron chi connectivity index (χ4n) is 2.79. The fourth-order valence-corrected chi connectivity index (χ4v) is 2.79. The van der Waals surface area contributed by atoms with Gasteiger partial charge in [-0.05, 0) is 38.8 Å². The molecule has 4 nitrogen and oxygen atoms in total. The van der Waals surface area contributed by atoms with Crippen LogP contribution in [0.4, 0.5) is 0 Å². The lowest BCUT2D eigenvalue weighted by Gasteiger charge is -2.35. The molecule has 1 aromatic rings. The minimum atomic E-state index is 0.119. The molecular weight excluding hydrogens is 266 g/mol. The molecule has 0 radical (unpaired) electrons. The number of nitrogens with zero attached hydrogens (tertiary/aromatic N) is 1. The molecule has 1 aliphatic rings. The minimum Gasteiger partial charge on any atom is -0.494 e. The Hall–Kier alpha value is -1.55. The van der Waals surface area contributed by atoms with Crippen LogP contribution in [0.2, 0.25) is 0 Å². The van der Waals surface area contributed by atoms with Crippen LogP contribution in [0.15, 0.2) is 24.3 Å². The molecule has 0 bridgehead atoms. The fraction of sp³-hybridized carbons (Fsp3) is 0.588. The first-order valence-electron chi connectivity index (χ1n) is 7.74. The van der Waals surface area contributed by atoms with Gasteiger partial charge >= 0.3 is 0 Å². The predicted octanol–water partition coefficient (Wildman–Crippen LogP) is 2.65. The van der Waals surface area contributed by atoms with Gasteiger partial charge in [0, 0.05) is 19.5 Å². The molecule has 1 saturated heterocycles. The van der Waals surface area contributed by atoms with E-state index in [1.807, 2.05) is 49.9 Å². The van der Waals surface area contributed by atoms with E-state index in [0.717, 1.165) is 17.7 Å². The first-order valence-corrected chi connectivity index (χ1v) is 7.74. The second-order valence-electron chi connectivity index (χ2n) is 5.60. The van der Waals surface area contributed by atoms with Crippen molar-refractivity contribution in [3.05, 3.63) is 29.8 Å². The zero-order chi connectivity index (χ0) is 15.2. The molecule has 0 aromatic heterocycles. The van der Waals surface area contributed by atoms with Gasteiger partial charge in [0.2, 0.25) is 5.91 Å². The number of morpholine rings is 1. The Morgan fingerprint density at radius 1 is 1.29 bits per heavy atom. The summed E-state index contributed by atoms with van der Waals surface area (Å²) in [7, 11) is 0. The van der Waals surface area contributed by atoms with Crippen molar-refractivity contribution in [2.45, 2.75) is 45.8 Å². The summed E-state index contributed by atoms with van der Waals surface area (Å²) in [6, 6.07) is 7.94. The summed E-state index contributed by atoms with van der Waals surface area (Å²) in [6.07, 6.45) is 1.47. The molecule has 4 heteroatoms. The van der Waals surface area contributed by atoms with Gasteiger partial charge in [-0.1, -0.05) is 18.2 Å². The molecule has 1 aromatic carbocycles. The maximum absolute atomic E-state index is 12.4. The van der Waals surface area contributed by atoms with Gasteiger partial charge in [0.25, 0.3) is 0 Å². The van der Waals surface area contributed by atoms with Gasteiger partial charge in [-0.15, -0.1) is 0 Å². The van der Waals surface area contributed by atoms with Crippen LogP contribution in [0.25, 0.3) is 0 Å². The van der Waals surface area contributed by atoms with Crippen LogP contribution in [0, 0.1) is 0 Å². The summed E-state index contributed by atoms with van der Waals surface area (Å²) in [5, 5.41) is 0. The third-order valence-corrected chi connectivity index (χ3v) is 3.65. The van der Waals surface area contributed by atoms with E-state index < -0.39 is 0 Å².